The predicted octanol–water partition coefficient (Wildman–Crippen LogP) is 2.85. The van der Waals surface area contributed by atoms with Crippen LogP contribution in [0.5, 0.6) is 0 Å². The Morgan fingerprint density at radius 1 is 1.09 bits per heavy atom. The van der Waals surface area contributed by atoms with E-state index in [1.165, 1.54) is 25.7 Å². The highest BCUT2D eigenvalue weighted by molar-refractivity contribution is 5.19. The highest BCUT2D eigenvalue weighted by Gasteiger charge is 2.61. The summed E-state index contributed by atoms with van der Waals surface area (Å²) in [6, 6.07) is 0. The average molecular weight is 306 g/mol. The average Bonchev–Trinajstić information content (AvgIpc) is 2.93. The zero-order valence-corrected chi connectivity index (χ0v) is 13.6. The van der Waals surface area contributed by atoms with Crippen LogP contribution in [-0.4, -0.2) is 27.7 Å². The van der Waals surface area contributed by atoms with Gasteiger partial charge in [-0.25, -0.2) is 0 Å². The zero-order valence-electron chi connectivity index (χ0n) is 13.6. The Morgan fingerprint density at radius 3 is 2.68 bits per heavy atom. The van der Waals surface area contributed by atoms with Gasteiger partial charge >= 0.3 is 0 Å². The molecule has 0 radical (unpaired) electrons. The van der Waals surface area contributed by atoms with Crippen LogP contribution in [-0.2, 0) is 0 Å². The van der Waals surface area contributed by atoms with Crippen molar-refractivity contribution in [2.24, 2.45) is 34.5 Å². The monoisotopic (exact) mass is 306 g/mol. The number of hydrogen-bond acceptors (Lipinski definition) is 3. The molecule has 7 atom stereocenters. The fourth-order valence-electron chi connectivity index (χ4n) is 6.91. The largest absolute Gasteiger partial charge is 0.393 e. The fraction of sp³-hybridized carbons (Fsp3) is 0.895. The van der Waals surface area contributed by atoms with E-state index < -0.39 is 11.7 Å². The Labute approximate surface area is 133 Å². The van der Waals surface area contributed by atoms with E-state index in [4.69, 9.17) is 0 Å². The number of hydrogen-bond donors (Lipinski definition) is 3. The molecule has 0 bridgehead atoms. The van der Waals surface area contributed by atoms with Crippen LogP contribution < -0.4 is 0 Å². The van der Waals surface area contributed by atoms with Crippen molar-refractivity contribution in [3.05, 3.63) is 12.2 Å². The maximum absolute atomic E-state index is 10.9. The summed E-state index contributed by atoms with van der Waals surface area (Å²) in [5, 5.41) is 31.0. The lowest BCUT2D eigenvalue weighted by atomic mass is 9.44. The van der Waals surface area contributed by atoms with Crippen molar-refractivity contribution in [1.82, 2.24) is 0 Å². The van der Waals surface area contributed by atoms with Crippen LogP contribution in [0, 0.1) is 34.5 Å². The third-order valence-electron chi connectivity index (χ3n) is 8.07. The highest BCUT2D eigenvalue weighted by atomic mass is 16.5. The summed E-state index contributed by atoms with van der Waals surface area (Å²) in [6.45, 7) is 2.46. The number of aliphatic hydroxyl groups excluding tert-OH is 2. The first kappa shape index (κ1) is 15.2. The second-order valence-electron chi connectivity index (χ2n) is 8.70. The molecule has 124 valence electrons. The predicted molar refractivity (Wildman–Crippen MR) is 84.8 cm³/mol. The molecule has 3 fully saturated rings. The molecular formula is C19H30O3. The standard InChI is InChI=1S/C19H30O3/c1-18-8-3-2-5-12(18)11-15(20)16-13(18)7-10-19(17(21)22)9-4-6-14(16)19/h4,9,12-17,20-22H,2-3,5-8,10-11H2,1H3/t12?,13-,14-,15+,16+,18-,19+/m0/s1. The van der Waals surface area contributed by atoms with Gasteiger partial charge in [-0.15, -0.1) is 0 Å². The molecule has 0 amide bonds. The summed E-state index contributed by atoms with van der Waals surface area (Å²) in [6.07, 6.45) is 11.5. The van der Waals surface area contributed by atoms with Crippen LogP contribution in [0.25, 0.3) is 0 Å². The molecule has 3 saturated carbocycles. The summed E-state index contributed by atoms with van der Waals surface area (Å²) >= 11 is 0. The molecule has 0 aromatic rings. The van der Waals surface area contributed by atoms with E-state index in [0.717, 1.165) is 25.7 Å². The normalized spacial score (nSPS) is 54.0. The van der Waals surface area contributed by atoms with Gasteiger partial charge in [-0.3, -0.25) is 0 Å². The van der Waals surface area contributed by atoms with E-state index in [9.17, 15) is 15.3 Å². The van der Waals surface area contributed by atoms with Gasteiger partial charge in [-0.2, -0.15) is 0 Å². The first-order chi connectivity index (χ1) is 10.5. The van der Waals surface area contributed by atoms with E-state index in [2.05, 4.69) is 13.0 Å². The minimum absolute atomic E-state index is 0.209. The number of aliphatic hydroxyl groups is 3. The topological polar surface area (TPSA) is 60.7 Å². The van der Waals surface area contributed by atoms with Crippen LogP contribution in [0.1, 0.15) is 58.3 Å². The van der Waals surface area contributed by atoms with E-state index >= 15 is 0 Å². The van der Waals surface area contributed by atoms with Crippen molar-refractivity contribution in [2.45, 2.75) is 70.7 Å². The van der Waals surface area contributed by atoms with Gasteiger partial charge in [0, 0.05) is 5.41 Å². The zero-order chi connectivity index (χ0) is 15.5. The molecule has 0 aromatic carbocycles. The summed E-state index contributed by atoms with van der Waals surface area (Å²) < 4.78 is 0. The summed E-state index contributed by atoms with van der Waals surface area (Å²) in [7, 11) is 0. The first-order valence-electron chi connectivity index (χ1n) is 9.21. The molecule has 4 rings (SSSR count). The lowest BCUT2D eigenvalue weighted by molar-refractivity contribution is -0.208. The van der Waals surface area contributed by atoms with E-state index in [1.807, 2.05) is 6.08 Å². The SMILES string of the molecule is C[C@]12CCCCC1C[C@@H](O)[C@@H]1[C@@H]2CC[C@]2(C(O)O)C=CC[C@@H]12. The minimum atomic E-state index is -1.29. The van der Waals surface area contributed by atoms with Crippen molar-refractivity contribution in [2.75, 3.05) is 0 Å². The Morgan fingerprint density at radius 2 is 1.91 bits per heavy atom. The maximum atomic E-state index is 10.9. The van der Waals surface area contributed by atoms with Crippen molar-refractivity contribution >= 4 is 0 Å². The van der Waals surface area contributed by atoms with Crippen molar-refractivity contribution in [3.63, 3.8) is 0 Å². The van der Waals surface area contributed by atoms with Crippen LogP contribution in [0.15, 0.2) is 12.2 Å². The number of rotatable bonds is 1. The van der Waals surface area contributed by atoms with Gasteiger partial charge in [0.15, 0.2) is 6.29 Å². The molecule has 22 heavy (non-hydrogen) atoms. The van der Waals surface area contributed by atoms with Gasteiger partial charge in [0.2, 0.25) is 0 Å². The van der Waals surface area contributed by atoms with Crippen molar-refractivity contribution in [3.8, 4) is 0 Å². The van der Waals surface area contributed by atoms with Gasteiger partial charge in [0.25, 0.3) is 0 Å². The Kier molecular flexibility index (Phi) is 3.49. The van der Waals surface area contributed by atoms with Crippen LogP contribution in [0.4, 0.5) is 0 Å². The Bertz CT molecular complexity index is 473. The quantitative estimate of drug-likeness (QED) is 0.516. The molecule has 0 aliphatic heterocycles. The molecule has 1 unspecified atom stereocenters. The smallest absolute Gasteiger partial charge is 0.160 e. The second-order valence-corrected chi connectivity index (χ2v) is 8.70. The highest BCUT2D eigenvalue weighted by Crippen LogP contribution is 2.65. The molecule has 3 nitrogen and oxygen atoms in total. The van der Waals surface area contributed by atoms with Crippen molar-refractivity contribution < 1.29 is 15.3 Å². The number of fused-ring (bicyclic) bond motifs is 5. The Balaban J connectivity index is 1.70. The van der Waals surface area contributed by atoms with Crippen LogP contribution in [0.2, 0.25) is 0 Å². The van der Waals surface area contributed by atoms with Crippen molar-refractivity contribution in [1.29, 1.82) is 0 Å². The molecule has 0 heterocycles. The maximum Gasteiger partial charge on any atom is 0.160 e. The lowest BCUT2D eigenvalue weighted by Crippen LogP contribution is -2.59. The van der Waals surface area contributed by atoms with E-state index in [0.29, 0.717) is 17.3 Å². The second kappa shape index (κ2) is 5.06. The summed E-state index contributed by atoms with van der Waals surface area (Å²) in [4.78, 5) is 0. The summed E-state index contributed by atoms with van der Waals surface area (Å²) in [5.41, 5.74) is -0.142. The third kappa shape index (κ3) is 1.85. The van der Waals surface area contributed by atoms with Crippen LogP contribution in [0.3, 0.4) is 0 Å². The molecule has 0 spiro atoms. The molecule has 3 N–H and O–H groups in total. The minimum Gasteiger partial charge on any atom is -0.393 e. The molecule has 0 saturated heterocycles. The van der Waals surface area contributed by atoms with Gasteiger partial charge < -0.3 is 15.3 Å². The fourth-order valence-corrected chi connectivity index (χ4v) is 6.91. The summed E-state index contributed by atoms with van der Waals surface area (Å²) in [5.74, 6) is 1.67. The lowest BCUT2D eigenvalue weighted by Gasteiger charge is -2.61. The van der Waals surface area contributed by atoms with Gasteiger partial charge in [-0.1, -0.05) is 31.9 Å². The first-order valence-corrected chi connectivity index (χ1v) is 9.21. The van der Waals surface area contributed by atoms with E-state index in [1.54, 1.807) is 0 Å². The van der Waals surface area contributed by atoms with Gasteiger partial charge in [0.1, 0.15) is 0 Å². The van der Waals surface area contributed by atoms with Gasteiger partial charge in [-0.05, 0) is 67.6 Å². The number of allylic oxidation sites excluding steroid dienone is 1. The van der Waals surface area contributed by atoms with Crippen LogP contribution >= 0.6 is 0 Å². The molecular weight excluding hydrogens is 276 g/mol. The van der Waals surface area contributed by atoms with E-state index in [-0.39, 0.29) is 17.9 Å². The molecule has 4 aliphatic rings. The van der Waals surface area contributed by atoms with Gasteiger partial charge in [0.05, 0.1) is 6.10 Å². The third-order valence-corrected chi connectivity index (χ3v) is 8.07. The molecule has 3 heteroatoms. The Hall–Kier alpha value is -0.380. The molecule has 0 aromatic heterocycles. The molecule has 4 aliphatic carbocycles.